The van der Waals surface area contributed by atoms with Crippen LogP contribution in [-0.4, -0.2) is 0 Å². The minimum Gasteiger partial charge on any atom is -0.0585 e. The Kier molecular flexibility index (Phi) is 3.37. The van der Waals surface area contributed by atoms with Gasteiger partial charge in [0.15, 0.2) is 0 Å². The van der Waals surface area contributed by atoms with E-state index in [4.69, 9.17) is 0 Å². The summed E-state index contributed by atoms with van der Waals surface area (Å²) >= 11 is 0. The highest BCUT2D eigenvalue weighted by Gasteiger charge is 2.17. The molecule has 88 valence electrons. The maximum atomic E-state index is 2.36. The summed E-state index contributed by atoms with van der Waals surface area (Å²) in [5, 5.41) is 0. The summed E-state index contributed by atoms with van der Waals surface area (Å²) < 4.78 is 0. The van der Waals surface area contributed by atoms with Gasteiger partial charge >= 0.3 is 0 Å². The molecule has 0 spiro atoms. The van der Waals surface area contributed by atoms with Crippen LogP contribution >= 0.6 is 0 Å². The molecular weight excluding hydrogens is 192 g/mol. The largest absolute Gasteiger partial charge is 0.0585 e. The van der Waals surface area contributed by atoms with Gasteiger partial charge in [-0.2, -0.15) is 0 Å². The smallest absolute Gasteiger partial charge is 0.0132 e. The van der Waals surface area contributed by atoms with Gasteiger partial charge in [-0.15, -0.1) is 0 Å². The molecule has 1 aromatic rings. The molecule has 2 rings (SSSR count). The highest BCUT2D eigenvalue weighted by atomic mass is 14.2. The van der Waals surface area contributed by atoms with Crippen molar-refractivity contribution < 1.29 is 0 Å². The Bertz CT molecular complexity index is 320. The minimum absolute atomic E-state index is 0.283. The van der Waals surface area contributed by atoms with Gasteiger partial charge in [-0.1, -0.05) is 64.3 Å². The summed E-state index contributed by atoms with van der Waals surface area (Å²) in [6.07, 6.45) is 7.08. The Morgan fingerprint density at radius 2 is 1.44 bits per heavy atom. The van der Waals surface area contributed by atoms with Gasteiger partial charge in [-0.25, -0.2) is 0 Å². The van der Waals surface area contributed by atoms with Crippen LogP contribution in [0.25, 0.3) is 0 Å². The van der Waals surface area contributed by atoms with E-state index in [0.717, 1.165) is 5.92 Å². The zero-order valence-corrected chi connectivity index (χ0v) is 10.9. The summed E-state index contributed by atoms with van der Waals surface area (Å²) in [7, 11) is 0. The molecule has 0 bridgehead atoms. The zero-order valence-electron chi connectivity index (χ0n) is 10.9. The summed E-state index contributed by atoms with van der Waals surface area (Å²) in [4.78, 5) is 0. The third-order valence-corrected chi connectivity index (χ3v) is 3.85. The van der Waals surface area contributed by atoms with Crippen LogP contribution < -0.4 is 0 Å². The van der Waals surface area contributed by atoms with Crippen molar-refractivity contribution >= 4 is 0 Å². The summed E-state index contributed by atoms with van der Waals surface area (Å²) in [5.41, 5.74) is 3.30. The van der Waals surface area contributed by atoms with Gasteiger partial charge in [0, 0.05) is 0 Å². The molecule has 0 heteroatoms. The second-order valence-corrected chi connectivity index (χ2v) is 6.21. The quantitative estimate of drug-likeness (QED) is 0.617. The molecule has 1 saturated carbocycles. The van der Waals surface area contributed by atoms with E-state index in [9.17, 15) is 0 Å². The van der Waals surface area contributed by atoms with Gasteiger partial charge < -0.3 is 0 Å². The van der Waals surface area contributed by atoms with Crippen LogP contribution in [0.3, 0.4) is 0 Å². The van der Waals surface area contributed by atoms with Crippen LogP contribution in [0.5, 0.6) is 0 Å². The summed E-state index contributed by atoms with van der Waals surface area (Å²) in [6.45, 7) is 6.84. The van der Waals surface area contributed by atoms with Crippen LogP contribution in [0.2, 0.25) is 0 Å². The predicted octanol–water partition coefficient (Wildman–Crippen LogP) is 5.03. The van der Waals surface area contributed by atoms with Crippen molar-refractivity contribution in [1.29, 1.82) is 0 Å². The lowest BCUT2D eigenvalue weighted by atomic mass is 9.81. The van der Waals surface area contributed by atoms with E-state index in [0.29, 0.717) is 0 Å². The fourth-order valence-corrected chi connectivity index (χ4v) is 2.69. The van der Waals surface area contributed by atoms with Crippen LogP contribution in [0.4, 0.5) is 0 Å². The minimum atomic E-state index is 0.283. The molecule has 0 N–H and O–H groups in total. The number of hydrogen-bond donors (Lipinski definition) is 0. The fourth-order valence-electron chi connectivity index (χ4n) is 2.69. The van der Waals surface area contributed by atoms with E-state index in [1.165, 1.54) is 37.7 Å². The summed E-state index contributed by atoms with van der Waals surface area (Å²) in [5.74, 6) is 0.836. The first-order valence-electron chi connectivity index (χ1n) is 6.68. The SMILES string of the molecule is CC(C)(C)c1ccc(C2CCCCC2)cc1. The Morgan fingerprint density at radius 3 is 1.94 bits per heavy atom. The number of rotatable bonds is 1. The zero-order chi connectivity index (χ0) is 11.6. The van der Waals surface area contributed by atoms with E-state index >= 15 is 0 Å². The molecule has 1 aliphatic rings. The van der Waals surface area contributed by atoms with Crippen LogP contribution in [0.1, 0.15) is 69.9 Å². The first-order valence-corrected chi connectivity index (χ1v) is 6.68. The van der Waals surface area contributed by atoms with Gasteiger partial charge in [0.05, 0.1) is 0 Å². The molecule has 0 saturated heterocycles. The van der Waals surface area contributed by atoms with Gasteiger partial charge in [0.1, 0.15) is 0 Å². The molecule has 0 aliphatic heterocycles. The maximum Gasteiger partial charge on any atom is -0.0132 e. The highest BCUT2D eigenvalue weighted by molar-refractivity contribution is 5.29. The molecule has 16 heavy (non-hydrogen) atoms. The molecule has 0 unspecified atom stereocenters. The second-order valence-electron chi connectivity index (χ2n) is 6.21. The number of hydrogen-bond acceptors (Lipinski definition) is 0. The first-order chi connectivity index (χ1) is 7.57. The molecule has 1 fully saturated rings. The van der Waals surface area contributed by atoms with Gasteiger partial charge in [0.25, 0.3) is 0 Å². The normalized spacial score (nSPS) is 18.7. The number of benzene rings is 1. The molecular formula is C16H24. The Morgan fingerprint density at radius 1 is 0.875 bits per heavy atom. The summed E-state index contributed by atoms with van der Waals surface area (Å²) in [6, 6.07) is 9.36. The average Bonchev–Trinajstić information content (AvgIpc) is 2.29. The molecule has 0 aromatic heterocycles. The lowest BCUT2D eigenvalue weighted by molar-refractivity contribution is 0.443. The van der Waals surface area contributed by atoms with E-state index in [2.05, 4.69) is 45.0 Å². The second kappa shape index (κ2) is 4.61. The Hall–Kier alpha value is -0.780. The first kappa shape index (κ1) is 11.7. The van der Waals surface area contributed by atoms with Crippen molar-refractivity contribution in [2.75, 3.05) is 0 Å². The highest BCUT2D eigenvalue weighted by Crippen LogP contribution is 2.33. The van der Waals surface area contributed by atoms with Crippen molar-refractivity contribution in [3.05, 3.63) is 35.4 Å². The van der Waals surface area contributed by atoms with Crippen molar-refractivity contribution in [2.45, 2.75) is 64.2 Å². The predicted molar refractivity (Wildman–Crippen MR) is 71.0 cm³/mol. The van der Waals surface area contributed by atoms with E-state index in [1.807, 2.05) is 0 Å². The molecule has 1 aliphatic carbocycles. The van der Waals surface area contributed by atoms with Crippen LogP contribution in [0.15, 0.2) is 24.3 Å². The molecule has 0 amide bonds. The van der Waals surface area contributed by atoms with Crippen molar-refractivity contribution in [1.82, 2.24) is 0 Å². The Balaban J connectivity index is 2.12. The Labute approximate surface area is 100 Å². The average molecular weight is 216 g/mol. The van der Waals surface area contributed by atoms with E-state index < -0.39 is 0 Å². The van der Waals surface area contributed by atoms with E-state index in [-0.39, 0.29) is 5.41 Å². The molecule has 0 radical (unpaired) electrons. The van der Waals surface area contributed by atoms with Crippen LogP contribution in [-0.2, 0) is 5.41 Å². The topological polar surface area (TPSA) is 0 Å². The standard InChI is InChI=1S/C16H24/c1-16(2,3)15-11-9-14(10-12-15)13-7-5-4-6-8-13/h9-13H,4-8H2,1-3H3. The fraction of sp³-hybridized carbons (Fsp3) is 0.625. The lowest BCUT2D eigenvalue weighted by Gasteiger charge is -2.24. The maximum absolute atomic E-state index is 2.36. The van der Waals surface area contributed by atoms with Gasteiger partial charge in [-0.05, 0) is 35.3 Å². The lowest BCUT2D eigenvalue weighted by Crippen LogP contribution is -2.11. The van der Waals surface area contributed by atoms with Crippen LogP contribution in [0, 0.1) is 0 Å². The van der Waals surface area contributed by atoms with Crippen molar-refractivity contribution in [3.63, 3.8) is 0 Å². The molecule has 0 heterocycles. The van der Waals surface area contributed by atoms with Crippen molar-refractivity contribution in [2.24, 2.45) is 0 Å². The van der Waals surface area contributed by atoms with E-state index in [1.54, 1.807) is 5.56 Å². The third-order valence-electron chi connectivity index (χ3n) is 3.85. The monoisotopic (exact) mass is 216 g/mol. The molecule has 0 atom stereocenters. The molecule has 0 nitrogen and oxygen atoms in total. The molecule has 1 aromatic carbocycles. The van der Waals surface area contributed by atoms with Gasteiger partial charge in [-0.3, -0.25) is 0 Å². The third kappa shape index (κ3) is 2.66. The van der Waals surface area contributed by atoms with Gasteiger partial charge in [0.2, 0.25) is 0 Å². The van der Waals surface area contributed by atoms with Crippen molar-refractivity contribution in [3.8, 4) is 0 Å².